The molecule has 0 aromatic heterocycles. The molecule has 2 atom stereocenters. The quantitative estimate of drug-likeness (QED) is 0.345. The standard InChI is InChI=1S/C25H25F3N4O4/c26-25(27,28)16-4-3-5-17(14-16)29-10-12-30(13-11-29)21-9-8-18(15-22(21)32(35)36)31-23(33)19-6-1-2-7-20(19)24(31)34/h3-5,8-9,14-15,19-20H,1-2,6-7,10-13H2/t19-,20-/m1/s1. The van der Waals surface area contributed by atoms with E-state index in [4.69, 9.17) is 0 Å². The number of alkyl halides is 3. The van der Waals surface area contributed by atoms with E-state index < -0.39 is 16.7 Å². The number of nitrogens with zero attached hydrogens (tertiary/aromatic N) is 4. The summed E-state index contributed by atoms with van der Waals surface area (Å²) in [5, 5.41) is 11.9. The molecule has 190 valence electrons. The summed E-state index contributed by atoms with van der Waals surface area (Å²) in [6.45, 7) is 1.49. The number of halogens is 3. The van der Waals surface area contributed by atoms with Crippen molar-refractivity contribution in [1.82, 2.24) is 0 Å². The molecular weight excluding hydrogens is 477 g/mol. The Bertz CT molecular complexity index is 1190. The van der Waals surface area contributed by atoms with Gasteiger partial charge in [0.2, 0.25) is 11.8 Å². The number of hydrogen-bond acceptors (Lipinski definition) is 6. The van der Waals surface area contributed by atoms with Crippen molar-refractivity contribution >= 4 is 34.6 Å². The molecule has 0 bridgehead atoms. The summed E-state index contributed by atoms with van der Waals surface area (Å²) in [6.07, 6.45) is -1.35. The number of carbonyl (C=O) groups is 2. The van der Waals surface area contributed by atoms with Gasteiger partial charge in [-0.05, 0) is 43.2 Å². The molecule has 2 heterocycles. The van der Waals surface area contributed by atoms with Crippen molar-refractivity contribution in [3.05, 3.63) is 58.1 Å². The first-order valence-corrected chi connectivity index (χ1v) is 12.0. The van der Waals surface area contributed by atoms with Crippen LogP contribution in [0, 0.1) is 22.0 Å². The molecule has 0 radical (unpaired) electrons. The molecule has 1 saturated carbocycles. The maximum Gasteiger partial charge on any atom is 0.416 e. The Hall–Kier alpha value is -3.63. The number of imide groups is 1. The van der Waals surface area contributed by atoms with Gasteiger partial charge < -0.3 is 9.80 Å². The van der Waals surface area contributed by atoms with Crippen molar-refractivity contribution in [1.29, 1.82) is 0 Å². The molecule has 1 aliphatic carbocycles. The van der Waals surface area contributed by atoms with E-state index in [0.29, 0.717) is 50.4 Å². The number of rotatable bonds is 4. The summed E-state index contributed by atoms with van der Waals surface area (Å²) in [6, 6.07) is 9.51. The molecule has 0 N–H and O–H groups in total. The molecule has 2 aromatic rings. The highest BCUT2D eigenvalue weighted by atomic mass is 19.4. The smallest absolute Gasteiger partial charge is 0.368 e. The fourth-order valence-corrected chi connectivity index (χ4v) is 5.57. The Balaban J connectivity index is 1.35. The van der Waals surface area contributed by atoms with Gasteiger partial charge in [0.05, 0.1) is 28.0 Å². The monoisotopic (exact) mass is 502 g/mol. The first kappa shape index (κ1) is 24.1. The predicted molar refractivity (Wildman–Crippen MR) is 127 cm³/mol. The highest BCUT2D eigenvalue weighted by molar-refractivity contribution is 6.22. The minimum Gasteiger partial charge on any atom is -0.368 e. The molecule has 8 nitrogen and oxygen atoms in total. The lowest BCUT2D eigenvalue weighted by Gasteiger charge is -2.37. The molecule has 3 aliphatic rings. The second kappa shape index (κ2) is 9.11. The third kappa shape index (κ3) is 4.27. The number of nitro benzene ring substituents is 1. The second-order valence-corrected chi connectivity index (χ2v) is 9.46. The van der Waals surface area contributed by atoms with Gasteiger partial charge >= 0.3 is 6.18 Å². The van der Waals surface area contributed by atoms with Gasteiger partial charge in [0.1, 0.15) is 5.69 Å². The van der Waals surface area contributed by atoms with E-state index in [1.54, 1.807) is 23.1 Å². The van der Waals surface area contributed by atoms with Crippen molar-refractivity contribution in [3.8, 4) is 0 Å². The summed E-state index contributed by atoms with van der Waals surface area (Å²) < 4.78 is 39.2. The fourth-order valence-electron chi connectivity index (χ4n) is 5.57. The van der Waals surface area contributed by atoms with Crippen LogP contribution in [-0.4, -0.2) is 42.9 Å². The number of hydrogen-bond donors (Lipinski definition) is 0. The van der Waals surface area contributed by atoms with Gasteiger partial charge in [-0.1, -0.05) is 18.9 Å². The molecule has 2 saturated heterocycles. The lowest BCUT2D eigenvalue weighted by molar-refractivity contribution is -0.384. The van der Waals surface area contributed by atoms with Gasteiger partial charge in [-0.3, -0.25) is 19.7 Å². The summed E-state index contributed by atoms with van der Waals surface area (Å²) >= 11 is 0. The van der Waals surface area contributed by atoms with Crippen LogP contribution in [0.25, 0.3) is 0 Å². The minimum absolute atomic E-state index is 0.206. The molecule has 2 amide bonds. The van der Waals surface area contributed by atoms with E-state index >= 15 is 0 Å². The summed E-state index contributed by atoms with van der Waals surface area (Å²) in [7, 11) is 0. The van der Waals surface area contributed by atoms with Crippen LogP contribution >= 0.6 is 0 Å². The van der Waals surface area contributed by atoms with Crippen LogP contribution in [0.4, 0.5) is 35.9 Å². The zero-order valence-corrected chi connectivity index (χ0v) is 19.4. The van der Waals surface area contributed by atoms with Crippen LogP contribution in [0.15, 0.2) is 42.5 Å². The highest BCUT2D eigenvalue weighted by Crippen LogP contribution is 2.42. The first-order chi connectivity index (χ1) is 17.1. The summed E-state index contributed by atoms with van der Waals surface area (Å²) in [5.74, 6) is -1.29. The third-order valence-corrected chi connectivity index (χ3v) is 7.41. The molecular formula is C25H25F3N4O4. The Morgan fingerprint density at radius 2 is 1.44 bits per heavy atom. The number of benzene rings is 2. The lowest BCUT2D eigenvalue weighted by atomic mass is 9.81. The topological polar surface area (TPSA) is 87.0 Å². The number of carbonyl (C=O) groups excluding carboxylic acids is 2. The van der Waals surface area contributed by atoms with Gasteiger partial charge in [-0.25, -0.2) is 4.90 Å². The van der Waals surface area contributed by atoms with Crippen LogP contribution < -0.4 is 14.7 Å². The van der Waals surface area contributed by atoms with Gasteiger partial charge in [0, 0.05) is 37.9 Å². The molecule has 3 fully saturated rings. The molecule has 0 spiro atoms. The Morgan fingerprint density at radius 3 is 2.03 bits per heavy atom. The van der Waals surface area contributed by atoms with Crippen molar-refractivity contribution < 1.29 is 27.7 Å². The van der Waals surface area contributed by atoms with Crippen molar-refractivity contribution in [2.45, 2.75) is 31.9 Å². The van der Waals surface area contributed by atoms with E-state index in [1.165, 1.54) is 12.1 Å². The van der Waals surface area contributed by atoms with Crippen molar-refractivity contribution in [2.24, 2.45) is 11.8 Å². The van der Waals surface area contributed by atoms with Gasteiger partial charge in [-0.2, -0.15) is 13.2 Å². The Morgan fingerprint density at radius 1 is 0.833 bits per heavy atom. The zero-order chi connectivity index (χ0) is 25.6. The average molecular weight is 502 g/mol. The largest absolute Gasteiger partial charge is 0.416 e. The first-order valence-electron chi connectivity index (χ1n) is 12.0. The Kier molecular flexibility index (Phi) is 6.09. The van der Waals surface area contributed by atoms with Crippen LogP contribution in [-0.2, 0) is 15.8 Å². The number of nitro groups is 1. The second-order valence-electron chi connectivity index (χ2n) is 9.46. The molecule has 2 aromatic carbocycles. The lowest BCUT2D eigenvalue weighted by Crippen LogP contribution is -2.46. The van der Waals surface area contributed by atoms with Gasteiger partial charge in [0.25, 0.3) is 5.69 Å². The van der Waals surface area contributed by atoms with Gasteiger partial charge in [0.15, 0.2) is 0 Å². The normalized spacial score (nSPS) is 22.7. The van der Waals surface area contributed by atoms with E-state index in [0.717, 1.165) is 29.9 Å². The number of anilines is 3. The van der Waals surface area contributed by atoms with Crippen LogP contribution in [0.5, 0.6) is 0 Å². The minimum atomic E-state index is -4.43. The fraction of sp³-hybridized carbons (Fsp3) is 0.440. The average Bonchev–Trinajstić information content (AvgIpc) is 3.13. The molecule has 5 rings (SSSR count). The third-order valence-electron chi connectivity index (χ3n) is 7.41. The predicted octanol–water partition coefficient (Wildman–Crippen LogP) is 4.62. The molecule has 36 heavy (non-hydrogen) atoms. The highest BCUT2D eigenvalue weighted by Gasteiger charge is 2.49. The molecule has 11 heteroatoms. The van der Waals surface area contributed by atoms with Crippen molar-refractivity contribution in [3.63, 3.8) is 0 Å². The van der Waals surface area contributed by atoms with E-state index in [9.17, 15) is 32.9 Å². The summed E-state index contributed by atoms with van der Waals surface area (Å²) in [5.41, 5.74) is 0.0678. The molecule has 0 unspecified atom stereocenters. The SMILES string of the molecule is O=C1[C@@H]2CCCC[C@H]2C(=O)N1c1ccc(N2CCN(c3cccc(C(F)(F)F)c3)CC2)c([N+](=O)[O-])c1. The van der Waals surface area contributed by atoms with Crippen LogP contribution in [0.1, 0.15) is 31.2 Å². The zero-order valence-electron chi connectivity index (χ0n) is 19.4. The van der Waals surface area contributed by atoms with E-state index in [-0.39, 0.29) is 35.0 Å². The summed E-state index contributed by atoms with van der Waals surface area (Å²) in [4.78, 5) is 42.0. The Labute approximate surface area is 205 Å². The number of fused-ring (bicyclic) bond motifs is 1. The van der Waals surface area contributed by atoms with E-state index in [2.05, 4.69) is 0 Å². The van der Waals surface area contributed by atoms with E-state index in [1.807, 2.05) is 4.90 Å². The maximum atomic E-state index is 13.1. The maximum absolute atomic E-state index is 13.1. The van der Waals surface area contributed by atoms with Crippen LogP contribution in [0.3, 0.4) is 0 Å². The number of amides is 2. The van der Waals surface area contributed by atoms with Gasteiger partial charge in [-0.15, -0.1) is 0 Å². The number of piperazine rings is 1. The molecule has 2 aliphatic heterocycles. The van der Waals surface area contributed by atoms with Crippen molar-refractivity contribution in [2.75, 3.05) is 40.9 Å². The van der Waals surface area contributed by atoms with Crippen LogP contribution in [0.2, 0.25) is 0 Å².